The van der Waals surface area contributed by atoms with Gasteiger partial charge in [0.05, 0.1) is 23.1 Å². The van der Waals surface area contributed by atoms with Gasteiger partial charge in [-0.3, -0.25) is 4.79 Å². The summed E-state index contributed by atoms with van der Waals surface area (Å²) >= 11 is 1.38. The highest BCUT2D eigenvalue weighted by atomic mass is 32.1. The number of ether oxygens (including phenoxy) is 1. The molecule has 36 heavy (non-hydrogen) atoms. The topological polar surface area (TPSA) is 85.2 Å². The third-order valence-electron chi connectivity index (χ3n) is 6.26. The van der Waals surface area contributed by atoms with Crippen molar-refractivity contribution in [3.63, 3.8) is 0 Å². The molecule has 2 aromatic carbocycles. The van der Waals surface area contributed by atoms with Crippen LogP contribution >= 0.6 is 11.3 Å². The number of alkyl halides is 2. The maximum atomic E-state index is 13.5. The molecule has 4 aromatic rings. The van der Waals surface area contributed by atoms with Crippen LogP contribution in [0.1, 0.15) is 59.9 Å². The summed E-state index contributed by atoms with van der Waals surface area (Å²) in [5.74, 6) is 5.49. The van der Waals surface area contributed by atoms with Crippen LogP contribution in [0.2, 0.25) is 0 Å². The quantitative estimate of drug-likeness (QED) is 0.422. The number of imidazole rings is 1. The Bertz CT molecular complexity index is 1680. The maximum Gasteiger partial charge on any atom is 0.387 e. The van der Waals surface area contributed by atoms with E-state index in [9.17, 15) is 13.6 Å². The van der Waals surface area contributed by atoms with E-state index in [4.69, 9.17) is 8.85 Å². The van der Waals surface area contributed by atoms with Crippen molar-refractivity contribution >= 4 is 28.3 Å². The Labute approximate surface area is 213 Å². The minimum Gasteiger partial charge on any atom is -0.434 e. The van der Waals surface area contributed by atoms with Gasteiger partial charge in [-0.25, -0.2) is 4.98 Å². The van der Waals surface area contributed by atoms with Crippen molar-refractivity contribution in [2.75, 3.05) is 14.0 Å². The minimum absolute atomic E-state index is 0.00821. The van der Waals surface area contributed by atoms with Gasteiger partial charge in [-0.15, -0.1) is 10.2 Å². The lowest BCUT2D eigenvalue weighted by Crippen LogP contribution is -2.30. The second-order valence-corrected chi connectivity index (χ2v) is 9.43. The first kappa shape index (κ1) is 19.3. The summed E-state index contributed by atoms with van der Waals surface area (Å²) < 4.78 is 57.6. The van der Waals surface area contributed by atoms with Gasteiger partial charge in [-0.05, 0) is 43.3 Å². The van der Waals surface area contributed by atoms with Gasteiger partial charge in [0.15, 0.2) is 5.01 Å². The lowest BCUT2D eigenvalue weighted by atomic mass is 9.97. The molecule has 182 valence electrons. The van der Waals surface area contributed by atoms with Gasteiger partial charge in [-0.2, -0.15) is 8.78 Å². The van der Waals surface area contributed by atoms with Gasteiger partial charge in [0.25, 0.3) is 5.91 Å². The van der Waals surface area contributed by atoms with Crippen LogP contribution in [0.3, 0.4) is 0 Å². The zero-order valence-electron chi connectivity index (χ0n) is 21.8. The molecule has 11 heteroatoms. The van der Waals surface area contributed by atoms with Crippen LogP contribution in [0.25, 0.3) is 11.0 Å². The molecule has 0 radical (unpaired) electrons. The normalized spacial score (nSPS) is 19.7. The third kappa shape index (κ3) is 3.61. The van der Waals surface area contributed by atoms with Crippen LogP contribution in [0, 0.1) is 11.8 Å². The van der Waals surface area contributed by atoms with E-state index in [1.807, 2.05) is 17.7 Å². The first-order chi connectivity index (χ1) is 18.7. The Morgan fingerprint density at radius 3 is 2.97 bits per heavy atom. The number of nitrogens with zero attached hydrogens (tertiary/aromatic N) is 5. The molecule has 8 nitrogen and oxygen atoms in total. The Balaban J connectivity index is 1.51. The second kappa shape index (κ2) is 8.65. The first-order valence-corrected chi connectivity index (χ1v) is 11.9. The van der Waals surface area contributed by atoms with E-state index in [1.165, 1.54) is 29.5 Å². The van der Waals surface area contributed by atoms with Crippen LogP contribution < -0.4 is 10.1 Å². The zero-order valence-corrected chi connectivity index (χ0v) is 19.6. The fourth-order valence-corrected chi connectivity index (χ4v) is 5.54. The molecule has 0 unspecified atom stereocenters. The van der Waals surface area contributed by atoms with Gasteiger partial charge in [0, 0.05) is 40.7 Å². The zero-order chi connectivity index (χ0) is 27.5. The number of hydrogen-bond acceptors (Lipinski definition) is 7. The Hall–Kier alpha value is -3.88. The Morgan fingerprint density at radius 1 is 1.28 bits per heavy atom. The lowest BCUT2D eigenvalue weighted by Gasteiger charge is -2.24. The molecule has 0 saturated heterocycles. The minimum atomic E-state index is -3.12. The molecular formula is C25H20F2N6O2S. The van der Waals surface area contributed by atoms with E-state index < -0.39 is 31.6 Å². The number of fused-ring (bicyclic) bond motifs is 9. The largest absolute Gasteiger partial charge is 0.434 e. The van der Waals surface area contributed by atoms with E-state index in [-0.39, 0.29) is 23.3 Å². The molecule has 6 rings (SSSR count). The van der Waals surface area contributed by atoms with Crippen molar-refractivity contribution in [3.8, 4) is 17.6 Å². The van der Waals surface area contributed by atoms with Crippen molar-refractivity contribution < 1.29 is 22.4 Å². The molecule has 0 fully saturated rings. The monoisotopic (exact) mass is 509 g/mol. The van der Waals surface area contributed by atoms with Crippen molar-refractivity contribution in [1.29, 1.82) is 0 Å². The fourth-order valence-electron chi connectivity index (χ4n) is 4.84. The highest BCUT2D eigenvalue weighted by Crippen LogP contribution is 2.49. The Kier molecular flexibility index (Phi) is 4.65. The summed E-state index contributed by atoms with van der Waals surface area (Å²) in [7, 11) is 1.82. The van der Waals surface area contributed by atoms with Gasteiger partial charge >= 0.3 is 6.61 Å². The summed E-state index contributed by atoms with van der Waals surface area (Å²) in [6.45, 7) is -5.32. The van der Waals surface area contributed by atoms with Crippen molar-refractivity contribution in [1.82, 2.24) is 30.0 Å². The van der Waals surface area contributed by atoms with E-state index in [1.54, 1.807) is 12.1 Å². The standard InChI is InChI=1S/C25H20F2N6O2S/c1-28-12-21-31-30-20(36-21)9-7-13-6-8-15-16(10-13)33-17-11-18(23(33)29-15)32(2)24(34)14-4-3-5-19(22(14)17)35-25(26)27/h3-6,8,10,17-18,25,28H,11-12H2,1-2H3/t17-,18-/m1/s1/i2D3. The summed E-state index contributed by atoms with van der Waals surface area (Å²) in [5, 5.41) is 12.5. The number of aromatic nitrogens is 4. The smallest absolute Gasteiger partial charge is 0.387 e. The van der Waals surface area contributed by atoms with Crippen LogP contribution in [-0.2, 0) is 6.54 Å². The molecule has 2 aliphatic rings. The van der Waals surface area contributed by atoms with Crippen molar-refractivity contribution in [2.24, 2.45) is 0 Å². The van der Waals surface area contributed by atoms with E-state index >= 15 is 0 Å². The van der Waals surface area contributed by atoms with Crippen molar-refractivity contribution in [3.05, 3.63) is 68.9 Å². The third-order valence-corrected chi connectivity index (χ3v) is 7.10. The summed E-state index contributed by atoms with van der Waals surface area (Å²) in [5.41, 5.74) is 2.06. The van der Waals surface area contributed by atoms with Crippen LogP contribution in [-0.4, -0.2) is 51.2 Å². The molecule has 1 amide bonds. The van der Waals surface area contributed by atoms with E-state index in [0.29, 0.717) is 34.0 Å². The maximum absolute atomic E-state index is 13.5. The molecule has 2 aromatic heterocycles. The molecule has 2 atom stereocenters. The highest BCUT2D eigenvalue weighted by molar-refractivity contribution is 7.11. The molecule has 0 aliphatic carbocycles. The van der Waals surface area contributed by atoms with Gasteiger partial charge in [0.2, 0.25) is 0 Å². The molecule has 2 aliphatic heterocycles. The SMILES string of the molecule is [2H]C([2H])([2H])N1C(=O)c2cccc(OC(F)F)c2[C@H]2C[C@@H]1c1nc3ccc(C#Cc4nnc(CNC)s4)cc3n12. The van der Waals surface area contributed by atoms with Gasteiger partial charge in [0.1, 0.15) is 16.6 Å². The van der Waals surface area contributed by atoms with Gasteiger partial charge < -0.3 is 19.5 Å². The Morgan fingerprint density at radius 2 is 2.17 bits per heavy atom. The molecule has 4 heterocycles. The summed E-state index contributed by atoms with van der Waals surface area (Å²) in [6, 6.07) is 8.00. The lowest BCUT2D eigenvalue weighted by molar-refractivity contribution is -0.0507. The summed E-state index contributed by atoms with van der Waals surface area (Å²) in [4.78, 5) is 19.0. The molecule has 0 spiro atoms. The average Bonchev–Trinajstić information content (AvgIpc) is 3.54. The van der Waals surface area contributed by atoms with Crippen LogP contribution in [0.15, 0.2) is 36.4 Å². The molecule has 1 N–H and O–H groups in total. The first-order valence-electron chi connectivity index (χ1n) is 12.6. The van der Waals surface area contributed by atoms with E-state index in [0.717, 1.165) is 9.91 Å². The number of hydrogen-bond donors (Lipinski definition) is 1. The van der Waals surface area contributed by atoms with E-state index in [2.05, 4.69) is 32.3 Å². The average molecular weight is 510 g/mol. The number of amides is 1. The fraction of sp³-hybridized carbons (Fsp3) is 0.280. The summed E-state index contributed by atoms with van der Waals surface area (Å²) in [6.07, 6.45) is 0.147. The van der Waals surface area contributed by atoms with Crippen molar-refractivity contribution in [2.45, 2.75) is 31.7 Å². The molecule has 2 bridgehead atoms. The number of carbonyl (C=O) groups excluding carboxylic acids is 1. The van der Waals surface area contributed by atoms with Crippen LogP contribution in [0.4, 0.5) is 8.78 Å². The number of carbonyl (C=O) groups is 1. The van der Waals surface area contributed by atoms with Gasteiger partial charge in [-0.1, -0.05) is 23.3 Å². The predicted octanol–water partition coefficient (Wildman–Crippen LogP) is 3.73. The number of benzene rings is 2. The molecule has 0 saturated carbocycles. The highest BCUT2D eigenvalue weighted by Gasteiger charge is 2.45. The molecular weight excluding hydrogens is 486 g/mol. The number of nitrogens with one attached hydrogen (secondary N) is 1. The van der Waals surface area contributed by atoms with Crippen LogP contribution in [0.5, 0.6) is 5.75 Å². The number of halogens is 2. The number of rotatable bonds is 4. The second-order valence-electron chi connectivity index (χ2n) is 8.36. The predicted molar refractivity (Wildman–Crippen MR) is 129 cm³/mol.